The first-order valence-electron chi connectivity index (χ1n) is 5.90. The Balaban J connectivity index is 2.17. The van der Waals surface area contributed by atoms with E-state index >= 15 is 0 Å². The normalized spacial score (nSPS) is 10.6. The van der Waals surface area contributed by atoms with E-state index in [-0.39, 0.29) is 5.78 Å². The average Bonchev–Trinajstić information content (AvgIpc) is 2.46. The second kappa shape index (κ2) is 4.94. The van der Waals surface area contributed by atoms with Gasteiger partial charge in [0.25, 0.3) is 0 Å². The van der Waals surface area contributed by atoms with Crippen LogP contribution in [-0.2, 0) is 0 Å². The Kier molecular flexibility index (Phi) is 3.13. The molecule has 0 aliphatic heterocycles. The Hall–Kier alpha value is -2.00. The average molecular weight is 312 g/mol. The zero-order valence-corrected chi connectivity index (χ0v) is 11.6. The molecule has 0 bridgehead atoms. The highest BCUT2D eigenvalue weighted by Gasteiger charge is 2.13. The Morgan fingerprint density at radius 2 is 1.84 bits per heavy atom. The summed E-state index contributed by atoms with van der Waals surface area (Å²) >= 11 is 3.38. The Labute approximate surface area is 119 Å². The molecule has 1 heterocycles. The van der Waals surface area contributed by atoms with Gasteiger partial charge in [0, 0.05) is 21.6 Å². The number of rotatable bonds is 2. The third kappa shape index (κ3) is 2.29. The molecule has 0 radical (unpaired) electrons. The van der Waals surface area contributed by atoms with Crippen molar-refractivity contribution in [2.75, 3.05) is 0 Å². The number of halogens is 1. The number of hydrogen-bond donors (Lipinski definition) is 0. The van der Waals surface area contributed by atoms with Gasteiger partial charge < -0.3 is 0 Å². The Bertz CT molecular complexity index is 762. The lowest BCUT2D eigenvalue weighted by molar-refractivity contribution is 0.103. The van der Waals surface area contributed by atoms with E-state index in [4.69, 9.17) is 0 Å². The molecule has 0 aliphatic carbocycles. The van der Waals surface area contributed by atoms with Crippen molar-refractivity contribution < 1.29 is 4.79 Å². The van der Waals surface area contributed by atoms with Gasteiger partial charge in [0.05, 0.1) is 0 Å². The van der Waals surface area contributed by atoms with E-state index in [0.29, 0.717) is 11.3 Å². The summed E-state index contributed by atoms with van der Waals surface area (Å²) in [6.45, 7) is 0. The van der Waals surface area contributed by atoms with Gasteiger partial charge in [-0.25, -0.2) is 0 Å². The van der Waals surface area contributed by atoms with Crippen LogP contribution in [0, 0.1) is 0 Å². The van der Waals surface area contributed by atoms with Crippen molar-refractivity contribution in [3.8, 4) is 0 Å². The van der Waals surface area contributed by atoms with E-state index in [1.807, 2.05) is 48.5 Å². The van der Waals surface area contributed by atoms with Crippen molar-refractivity contribution in [1.29, 1.82) is 0 Å². The number of fused-ring (bicyclic) bond motifs is 1. The van der Waals surface area contributed by atoms with Crippen LogP contribution in [0.15, 0.2) is 65.3 Å². The van der Waals surface area contributed by atoms with Crippen molar-refractivity contribution in [1.82, 2.24) is 4.98 Å². The third-order valence-electron chi connectivity index (χ3n) is 2.98. The number of nitrogens with zero attached hydrogens (tertiary/aromatic N) is 1. The predicted molar refractivity (Wildman–Crippen MR) is 79.3 cm³/mol. The molecule has 0 amide bonds. The lowest BCUT2D eigenvalue weighted by Crippen LogP contribution is -2.04. The predicted octanol–water partition coefficient (Wildman–Crippen LogP) is 4.23. The van der Waals surface area contributed by atoms with Crippen LogP contribution in [-0.4, -0.2) is 10.8 Å². The van der Waals surface area contributed by atoms with Gasteiger partial charge in [0.1, 0.15) is 5.69 Å². The van der Waals surface area contributed by atoms with Crippen LogP contribution in [0.5, 0.6) is 0 Å². The van der Waals surface area contributed by atoms with Crippen molar-refractivity contribution in [3.63, 3.8) is 0 Å². The number of aromatic nitrogens is 1. The number of ketones is 1. The van der Waals surface area contributed by atoms with Crippen LogP contribution in [0.2, 0.25) is 0 Å². The summed E-state index contributed by atoms with van der Waals surface area (Å²) in [6, 6.07) is 17.0. The molecule has 92 valence electrons. The van der Waals surface area contributed by atoms with E-state index in [0.717, 1.165) is 15.2 Å². The van der Waals surface area contributed by atoms with Gasteiger partial charge in [0.2, 0.25) is 5.78 Å². The van der Waals surface area contributed by atoms with Crippen LogP contribution < -0.4 is 0 Å². The zero-order chi connectivity index (χ0) is 13.2. The van der Waals surface area contributed by atoms with E-state index < -0.39 is 0 Å². The topological polar surface area (TPSA) is 30.0 Å². The van der Waals surface area contributed by atoms with E-state index in [1.54, 1.807) is 12.3 Å². The van der Waals surface area contributed by atoms with Crippen LogP contribution >= 0.6 is 15.9 Å². The van der Waals surface area contributed by atoms with Gasteiger partial charge in [-0.15, -0.1) is 0 Å². The Morgan fingerprint density at radius 1 is 1.00 bits per heavy atom. The molecule has 1 aromatic heterocycles. The molecule has 3 aromatic rings. The number of hydrogen-bond acceptors (Lipinski definition) is 2. The maximum absolute atomic E-state index is 12.5. The molecule has 3 heteroatoms. The molecule has 0 aliphatic rings. The standard InChI is InChI=1S/C16H10BrNO/c17-13-6-3-5-12(10-13)16(19)15-14-7-2-1-4-11(14)8-9-18-15/h1-10H. The van der Waals surface area contributed by atoms with Crippen molar-refractivity contribution in [2.24, 2.45) is 0 Å². The van der Waals surface area contributed by atoms with Gasteiger partial charge in [-0.2, -0.15) is 0 Å². The smallest absolute Gasteiger partial charge is 0.212 e. The molecule has 2 nitrogen and oxygen atoms in total. The largest absolute Gasteiger partial charge is 0.287 e. The second-order valence-corrected chi connectivity index (χ2v) is 5.14. The fourth-order valence-corrected chi connectivity index (χ4v) is 2.47. The second-order valence-electron chi connectivity index (χ2n) is 4.22. The van der Waals surface area contributed by atoms with Gasteiger partial charge in [0.15, 0.2) is 0 Å². The lowest BCUT2D eigenvalue weighted by atomic mass is 10.0. The number of pyridine rings is 1. The molecule has 0 saturated heterocycles. The van der Waals surface area contributed by atoms with Gasteiger partial charge in [-0.05, 0) is 23.6 Å². The SMILES string of the molecule is O=C(c1cccc(Br)c1)c1nccc2ccccc12. The van der Waals surface area contributed by atoms with Gasteiger partial charge in [-0.3, -0.25) is 9.78 Å². The summed E-state index contributed by atoms with van der Waals surface area (Å²) in [5.41, 5.74) is 1.13. The van der Waals surface area contributed by atoms with Crippen LogP contribution in [0.25, 0.3) is 10.8 Å². The van der Waals surface area contributed by atoms with E-state index in [2.05, 4.69) is 20.9 Å². The lowest BCUT2D eigenvalue weighted by Gasteiger charge is -2.05. The van der Waals surface area contributed by atoms with Crippen molar-refractivity contribution in [2.45, 2.75) is 0 Å². The molecular formula is C16H10BrNO. The Morgan fingerprint density at radius 3 is 2.68 bits per heavy atom. The van der Waals surface area contributed by atoms with Gasteiger partial charge >= 0.3 is 0 Å². The molecule has 0 saturated carbocycles. The van der Waals surface area contributed by atoms with Crippen LogP contribution in [0.1, 0.15) is 16.1 Å². The minimum Gasteiger partial charge on any atom is -0.287 e. The highest BCUT2D eigenvalue weighted by atomic mass is 79.9. The summed E-state index contributed by atoms with van der Waals surface area (Å²) in [6.07, 6.45) is 1.67. The molecule has 0 unspecified atom stereocenters. The monoisotopic (exact) mass is 311 g/mol. The first-order chi connectivity index (χ1) is 9.25. The summed E-state index contributed by atoms with van der Waals surface area (Å²) in [5.74, 6) is -0.0573. The molecular weight excluding hydrogens is 302 g/mol. The highest BCUT2D eigenvalue weighted by Crippen LogP contribution is 2.20. The molecule has 0 atom stereocenters. The quantitative estimate of drug-likeness (QED) is 0.663. The summed E-state index contributed by atoms with van der Waals surface area (Å²) in [7, 11) is 0. The summed E-state index contributed by atoms with van der Waals surface area (Å²) in [5, 5.41) is 1.91. The van der Waals surface area contributed by atoms with Crippen molar-refractivity contribution in [3.05, 3.63) is 76.5 Å². The number of carbonyl (C=O) groups excluding carboxylic acids is 1. The zero-order valence-electron chi connectivity index (χ0n) is 10.0. The van der Waals surface area contributed by atoms with Crippen LogP contribution in [0.3, 0.4) is 0 Å². The first-order valence-corrected chi connectivity index (χ1v) is 6.69. The first kappa shape index (κ1) is 12.1. The molecule has 3 rings (SSSR count). The maximum Gasteiger partial charge on any atom is 0.212 e. The molecule has 2 aromatic carbocycles. The summed E-state index contributed by atoms with van der Waals surface area (Å²) in [4.78, 5) is 16.8. The molecule has 19 heavy (non-hydrogen) atoms. The minimum absolute atomic E-state index is 0.0573. The summed E-state index contributed by atoms with van der Waals surface area (Å²) < 4.78 is 0.888. The molecule has 0 spiro atoms. The van der Waals surface area contributed by atoms with Gasteiger partial charge in [-0.1, -0.05) is 52.3 Å². The van der Waals surface area contributed by atoms with E-state index in [1.165, 1.54) is 0 Å². The van der Waals surface area contributed by atoms with Crippen molar-refractivity contribution >= 4 is 32.5 Å². The molecule has 0 N–H and O–H groups in total. The maximum atomic E-state index is 12.5. The fourth-order valence-electron chi connectivity index (χ4n) is 2.07. The molecule has 0 fully saturated rings. The third-order valence-corrected chi connectivity index (χ3v) is 3.47. The fraction of sp³-hybridized carbons (Fsp3) is 0. The number of carbonyl (C=O) groups is 1. The van der Waals surface area contributed by atoms with Crippen LogP contribution in [0.4, 0.5) is 0 Å². The minimum atomic E-state index is -0.0573. The van der Waals surface area contributed by atoms with E-state index in [9.17, 15) is 4.79 Å². The highest BCUT2D eigenvalue weighted by molar-refractivity contribution is 9.10. The number of benzene rings is 2.